The molecule has 5 nitrogen and oxygen atoms in total. The minimum atomic E-state index is -0.134. The zero-order valence-corrected chi connectivity index (χ0v) is 13.8. The number of nitrogens with two attached hydrogens (primary N) is 1. The molecule has 6 heteroatoms. The van der Waals surface area contributed by atoms with Gasteiger partial charge in [-0.2, -0.15) is 0 Å². The Bertz CT molecular complexity index is 678. The molecule has 1 aromatic heterocycles. The van der Waals surface area contributed by atoms with Gasteiger partial charge < -0.3 is 15.5 Å². The average Bonchev–Trinajstić information content (AvgIpc) is 2.79. The van der Waals surface area contributed by atoms with Crippen LogP contribution in [-0.2, 0) is 0 Å². The van der Waals surface area contributed by atoms with Crippen molar-refractivity contribution >= 4 is 33.9 Å². The summed E-state index contributed by atoms with van der Waals surface area (Å²) in [7, 11) is 5.51. The summed E-state index contributed by atoms with van der Waals surface area (Å²) in [5, 5.41) is 0.727. The van der Waals surface area contributed by atoms with E-state index in [-0.39, 0.29) is 11.7 Å². The summed E-state index contributed by atoms with van der Waals surface area (Å²) in [5.74, 6) is 0.148. The SMILES string of the molecule is Cc1ccc(N(C)C(=O)c2sc(N(C)C)nc2N)c(C)c1. The molecule has 0 saturated carbocycles. The lowest BCUT2D eigenvalue weighted by Gasteiger charge is -2.19. The first-order valence-corrected chi connectivity index (χ1v) is 7.42. The fraction of sp³-hybridized carbons (Fsp3) is 0.333. The van der Waals surface area contributed by atoms with Crippen LogP contribution in [0.15, 0.2) is 18.2 Å². The van der Waals surface area contributed by atoms with Crippen LogP contribution in [0.3, 0.4) is 0 Å². The Labute approximate surface area is 129 Å². The van der Waals surface area contributed by atoms with Crippen molar-refractivity contribution in [2.45, 2.75) is 13.8 Å². The number of rotatable bonds is 3. The van der Waals surface area contributed by atoms with E-state index in [2.05, 4.69) is 11.1 Å². The summed E-state index contributed by atoms with van der Waals surface area (Å²) in [6.45, 7) is 4.02. The predicted molar refractivity (Wildman–Crippen MR) is 89.5 cm³/mol. The van der Waals surface area contributed by atoms with Gasteiger partial charge in [0.05, 0.1) is 0 Å². The number of hydrogen-bond donors (Lipinski definition) is 1. The number of hydrogen-bond acceptors (Lipinski definition) is 5. The molecule has 1 aromatic carbocycles. The van der Waals surface area contributed by atoms with E-state index >= 15 is 0 Å². The molecular weight excluding hydrogens is 284 g/mol. The van der Waals surface area contributed by atoms with Crippen LogP contribution in [0.5, 0.6) is 0 Å². The number of nitrogen functional groups attached to an aromatic ring is 1. The minimum absolute atomic E-state index is 0.134. The van der Waals surface area contributed by atoms with Crippen LogP contribution in [0.25, 0.3) is 0 Å². The lowest BCUT2D eigenvalue weighted by Crippen LogP contribution is -2.26. The Balaban J connectivity index is 2.35. The fourth-order valence-electron chi connectivity index (χ4n) is 2.11. The number of aromatic nitrogens is 1. The van der Waals surface area contributed by atoms with Gasteiger partial charge in [0.15, 0.2) is 5.13 Å². The van der Waals surface area contributed by atoms with Gasteiger partial charge in [0.25, 0.3) is 5.91 Å². The molecule has 0 saturated heterocycles. The lowest BCUT2D eigenvalue weighted by atomic mass is 10.1. The van der Waals surface area contributed by atoms with Gasteiger partial charge in [-0.05, 0) is 25.5 Å². The third-order valence-corrected chi connectivity index (χ3v) is 4.46. The van der Waals surface area contributed by atoms with Crippen molar-refractivity contribution in [1.29, 1.82) is 0 Å². The molecular formula is C15H20N4OS. The van der Waals surface area contributed by atoms with Gasteiger partial charge in [0, 0.05) is 26.8 Å². The summed E-state index contributed by atoms with van der Waals surface area (Å²) in [6.07, 6.45) is 0. The number of amides is 1. The summed E-state index contributed by atoms with van der Waals surface area (Å²) in [5.41, 5.74) is 8.99. The van der Waals surface area contributed by atoms with E-state index in [0.717, 1.165) is 16.4 Å². The Hall–Kier alpha value is -2.08. The lowest BCUT2D eigenvalue weighted by molar-refractivity contribution is 0.0997. The highest BCUT2D eigenvalue weighted by Crippen LogP contribution is 2.30. The quantitative estimate of drug-likeness (QED) is 0.947. The van der Waals surface area contributed by atoms with Gasteiger partial charge in [-0.1, -0.05) is 29.0 Å². The van der Waals surface area contributed by atoms with Gasteiger partial charge in [-0.25, -0.2) is 4.98 Å². The topological polar surface area (TPSA) is 62.5 Å². The van der Waals surface area contributed by atoms with Crippen molar-refractivity contribution in [3.05, 3.63) is 34.2 Å². The van der Waals surface area contributed by atoms with Crippen molar-refractivity contribution < 1.29 is 4.79 Å². The Morgan fingerprint density at radius 3 is 2.43 bits per heavy atom. The number of carbonyl (C=O) groups excluding carboxylic acids is 1. The van der Waals surface area contributed by atoms with E-state index in [1.54, 1.807) is 11.9 Å². The van der Waals surface area contributed by atoms with Crippen LogP contribution in [0.4, 0.5) is 16.6 Å². The third-order valence-electron chi connectivity index (χ3n) is 3.24. The highest BCUT2D eigenvalue weighted by atomic mass is 32.1. The second-order valence-corrected chi connectivity index (χ2v) is 6.24. The minimum Gasteiger partial charge on any atom is -0.382 e. The first-order valence-electron chi connectivity index (χ1n) is 6.60. The second-order valence-electron chi connectivity index (χ2n) is 5.26. The Morgan fingerprint density at radius 2 is 1.90 bits per heavy atom. The van der Waals surface area contributed by atoms with Crippen LogP contribution >= 0.6 is 11.3 Å². The molecule has 2 aromatic rings. The molecule has 0 aliphatic heterocycles. The molecule has 112 valence electrons. The molecule has 0 bridgehead atoms. The molecule has 2 N–H and O–H groups in total. The van der Waals surface area contributed by atoms with Crippen molar-refractivity contribution in [3.8, 4) is 0 Å². The van der Waals surface area contributed by atoms with Gasteiger partial charge >= 0.3 is 0 Å². The van der Waals surface area contributed by atoms with E-state index in [9.17, 15) is 4.79 Å². The Morgan fingerprint density at radius 1 is 1.24 bits per heavy atom. The summed E-state index contributed by atoms with van der Waals surface area (Å²) in [6, 6.07) is 6.00. The van der Waals surface area contributed by atoms with Gasteiger partial charge in [0.2, 0.25) is 0 Å². The van der Waals surface area contributed by atoms with Gasteiger partial charge in [0.1, 0.15) is 10.7 Å². The standard InChI is InChI=1S/C15H20N4OS/c1-9-6-7-11(10(2)8-9)19(5)14(20)12-13(16)17-15(21-12)18(3)4/h6-8H,16H2,1-5H3. The molecule has 0 aliphatic carbocycles. The number of benzene rings is 1. The van der Waals surface area contributed by atoms with Crippen molar-refractivity contribution in [1.82, 2.24) is 4.98 Å². The molecule has 0 aliphatic rings. The van der Waals surface area contributed by atoms with E-state index < -0.39 is 0 Å². The molecule has 1 heterocycles. The molecule has 1 amide bonds. The fourth-order valence-corrected chi connectivity index (χ4v) is 2.99. The predicted octanol–water partition coefficient (Wildman–Crippen LogP) is 2.68. The normalized spacial score (nSPS) is 10.5. The van der Waals surface area contributed by atoms with Crippen LogP contribution in [-0.4, -0.2) is 32.0 Å². The number of anilines is 3. The largest absolute Gasteiger partial charge is 0.382 e. The van der Waals surface area contributed by atoms with Gasteiger partial charge in [-0.3, -0.25) is 4.79 Å². The van der Waals surface area contributed by atoms with Crippen LogP contribution in [0, 0.1) is 13.8 Å². The number of thiazole rings is 1. The molecule has 0 unspecified atom stereocenters. The summed E-state index contributed by atoms with van der Waals surface area (Å²) >= 11 is 1.31. The molecule has 21 heavy (non-hydrogen) atoms. The number of aryl methyl sites for hydroxylation is 2. The highest BCUT2D eigenvalue weighted by molar-refractivity contribution is 7.18. The zero-order valence-electron chi connectivity index (χ0n) is 13.0. The number of carbonyl (C=O) groups is 1. The first-order chi connectivity index (χ1) is 9.81. The second kappa shape index (κ2) is 5.73. The van der Waals surface area contributed by atoms with E-state index in [1.165, 1.54) is 16.9 Å². The maximum Gasteiger partial charge on any atom is 0.272 e. The van der Waals surface area contributed by atoms with Crippen LogP contribution in [0.2, 0.25) is 0 Å². The summed E-state index contributed by atoms with van der Waals surface area (Å²) < 4.78 is 0. The molecule has 0 atom stereocenters. The maximum absolute atomic E-state index is 12.6. The molecule has 2 rings (SSSR count). The van der Waals surface area contributed by atoms with E-state index in [0.29, 0.717) is 4.88 Å². The molecule has 0 fully saturated rings. The average molecular weight is 304 g/mol. The summed E-state index contributed by atoms with van der Waals surface area (Å²) in [4.78, 5) is 20.8. The van der Waals surface area contributed by atoms with E-state index in [1.807, 2.05) is 45.0 Å². The molecule has 0 spiro atoms. The number of nitrogens with zero attached hydrogens (tertiary/aromatic N) is 3. The zero-order chi connectivity index (χ0) is 15.7. The smallest absolute Gasteiger partial charge is 0.272 e. The van der Waals surface area contributed by atoms with Crippen LogP contribution < -0.4 is 15.5 Å². The molecule has 0 radical (unpaired) electrons. The van der Waals surface area contributed by atoms with Crippen LogP contribution in [0.1, 0.15) is 20.8 Å². The first kappa shape index (κ1) is 15.3. The third kappa shape index (κ3) is 3.00. The van der Waals surface area contributed by atoms with Crippen molar-refractivity contribution in [2.24, 2.45) is 0 Å². The van der Waals surface area contributed by atoms with Crippen molar-refractivity contribution in [2.75, 3.05) is 36.7 Å². The van der Waals surface area contributed by atoms with Gasteiger partial charge in [-0.15, -0.1) is 0 Å². The van der Waals surface area contributed by atoms with Crippen molar-refractivity contribution in [3.63, 3.8) is 0 Å². The van der Waals surface area contributed by atoms with E-state index in [4.69, 9.17) is 5.73 Å². The Kier molecular flexibility index (Phi) is 4.18. The maximum atomic E-state index is 12.6. The highest BCUT2D eigenvalue weighted by Gasteiger charge is 2.22. The monoisotopic (exact) mass is 304 g/mol.